The number of nitrogens with one attached hydrogen (secondary N) is 6. The van der Waals surface area contributed by atoms with Crippen molar-refractivity contribution < 1.29 is 38.7 Å². The Labute approximate surface area is 317 Å². The number of hydrogen-bond donors (Lipinski definition) is 10. The third-order valence-electron chi connectivity index (χ3n) is 8.23. The van der Waals surface area contributed by atoms with Gasteiger partial charge in [0.25, 0.3) is 0 Å². The van der Waals surface area contributed by atoms with Gasteiger partial charge in [0.1, 0.15) is 30.2 Å². The molecule has 6 amide bonds. The van der Waals surface area contributed by atoms with Gasteiger partial charge in [0.05, 0.1) is 12.6 Å². The van der Waals surface area contributed by atoms with Crippen LogP contribution in [0.15, 0.2) is 35.3 Å². The molecule has 0 aliphatic carbocycles. The number of nitrogens with two attached hydrogens (primary N) is 3. The zero-order chi connectivity index (χ0) is 41.1. The van der Waals surface area contributed by atoms with Crippen LogP contribution in [0.5, 0.6) is 0 Å². The molecule has 18 heteroatoms. The van der Waals surface area contributed by atoms with Crippen LogP contribution in [0, 0.1) is 17.8 Å². The number of guanidine groups is 1. The van der Waals surface area contributed by atoms with Crippen molar-refractivity contribution in [1.29, 1.82) is 0 Å². The van der Waals surface area contributed by atoms with Gasteiger partial charge in [-0.15, -0.1) is 0 Å². The number of carboxylic acid groups (broad SMARTS) is 1. The summed E-state index contributed by atoms with van der Waals surface area (Å²) in [4.78, 5) is 94.4. The lowest BCUT2D eigenvalue weighted by Gasteiger charge is -2.27. The van der Waals surface area contributed by atoms with Crippen molar-refractivity contribution in [2.45, 2.75) is 110 Å². The molecule has 0 bridgehead atoms. The summed E-state index contributed by atoms with van der Waals surface area (Å²) in [6.45, 7) is 11.5. The number of amides is 6. The number of rotatable bonds is 23. The summed E-state index contributed by atoms with van der Waals surface area (Å²) in [6.07, 6.45) is 0.763. The summed E-state index contributed by atoms with van der Waals surface area (Å²) < 4.78 is 0. The average Bonchev–Trinajstić information content (AvgIpc) is 3.08. The molecular formula is C36H60N10O8. The fraction of sp³-hybridized carbons (Fsp3) is 0.611. The minimum absolute atomic E-state index is 0.0284. The second-order valence-corrected chi connectivity index (χ2v) is 14.3. The maximum absolute atomic E-state index is 13.6. The van der Waals surface area contributed by atoms with E-state index in [1.54, 1.807) is 58.0 Å². The molecule has 0 spiro atoms. The number of carboxylic acids is 1. The van der Waals surface area contributed by atoms with Gasteiger partial charge in [0.2, 0.25) is 35.4 Å². The van der Waals surface area contributed by atoms with Crippen molar-refractivity contribution in [1.82, 2.24) is 31.9 Å². The van der Waals surface area contributed by atoms with Crippen LogP contribution in [0.4, 0.5) is 0 Å². The molecule has 13 N–H and O–H groups in total. The van der Waals surface area contributed by atoms with E-state index < -0.39 is 96.0 Å². The molecule has 18 nitrogen and oxygen atoms in total. The molecule has 0 radical (unpaired) electrons. The van der Waals surface area contributed by atoms with Gasteiger partial charge >= 0.3 is 5.97 Å². The Bertz CT molecular complexity index is 1450. The monoisotopic (exact) mass is 760 g/mol. The average molecular weight is 761 g/mol. The molecule has 54 heavy (non-hydrogen) atoms. The molecular weight excluding hydrogens is 700 g/mol. The number of carbonyl (C=O) groups excluding carboxylic acids is 6. The van der Waals surface area contributed by atoms with Crippen LogP contribution in [0.25, 0.3) is 0 Å². The van der Waals surface area contributed by atoms with E-state index in [0.29, 0.717) is 12.0 Å². The molecule has 0 aromatic heterocycles. The van der Waals surface area contributed by atoms with Crippen molar-refractivity contribution in [3.63, 3.8) is 0 Å². The topological polar surface area (TPSA) is 302 Å². The first-order valence-corrected chi connectivity index (χ1v) is 18.1. The van der Waals surface area contributed by atoms with Gasteiger partial charge in [-0.05, 0) is 49.5 Å². The maximum atomic E-state index is 13.6. The van der Waals surface area contributed by atoms with E-state index in [4.69, 9.17) is 17.2 Å². The zero-order valence-electron chi connectivity index (χ0n) is 32.3. The second kappa shape index (κ2) is 23.4. The summed E-state index contributed by atoms with van der Waals surface area (Å²) in [6, 6.07) is 2.28. The molecule has 1 aromatic rings. The highest BCUT2D eigenvalue weighted by molar-refractivity contribution is 5.96. The molecule has 0 saturated heterocycles. The molecule has 0 saturated carbocycles. The molecule has 0 aliphatic rings. The first-order chi connectivity index (χ1) is 25.2. The first kappa shape index (κ1) is 46.8. The number of nitrogens with zero attached hydrogens (tertiary/aromatic N) is 1. The highest BCUT2D eigenvalue weighted by Crippen LogP contribution is 2.09. The maximum Gasteiger partial charge on any atom is 0.326 e. The molecule has 302 valence electrons. The molecule has 1 rings (SSSR count). The minimum Gasteiger partial charge on any atom is -0.480 e. The third kappa shape index (κ3) is 17.5. The standard InChI is InChI=1S/C36H60N10O8/c1-19(2)16-24(37)31(49)42-22(7)30(48)45-28(20(3)4)34(52)44-26(17-23-12-9-8-10-13-23)32(50)41-18-27(47)43-25(14-11-15-40-36(38)39)33(51)46-29(21(5)6)35(53)54/h8-10,12-13,19-22,24-26,28-29H,11,14-18,37H2,1-7H3,(H,41,50)(H,42,49)(H,43,47)(H,44,52)(H,45,48)(H,46,51)(H,53,54)(H4,38,39,40)/t22-,24-,25-,26-,28-,29-/m0/s1. The smallest absolute Gasteiger partial charge is 0.326 e. The Kier molecular flexibility index (Phi) is 20.3. The number of hydrogen-bond acceptors (Lipinski definition) is 9. The summed E-state index contributed by atoms with van der Waals surface area (Å²) in [7, 11) is 0. The largest absolute Gasteiger partial charge is 0.480 e. The Hall–Kier alpha value is -5.26. The molecule has 0 unspecified atom stereocenters. The van der Waals surface area contributed by atoms with Crippen molar-refractivity contribution in [2.75, 3.05) is 13.1 Å². The highest BCUT2D eigenvalue weighted by atomic mass is 16.4. The first-order valence-electron chi connectivity index (χ1n) is 18.1. The van der Waals surface area contributed by atoms with E-state index in [9.17, 15) is 38.7 Å². The van der Waals surface area contributed by atoms with Crippen molar-refractivity contribution in [3.8, 4) is 0 Å². The molecule has 1 aromatic carbocycles. The number of aliphatic imine (C=N–C) groups is 1. The fourth-order valence-electron chi connectivity index (χ4n) is 5.21. The van der Waals surface area contributed by atoms with Crippen LogP contribution >= 0.6 is 0 Å². The van der Waals surface area contributed by atoms with Gasteiger partial charge in [0, 0.05) is 13.0 Å². The Morgan fingerprint density at radius 2 is 1.30 bits per heavy atom. The van der Waals surface area contributed by atoms with Crippen molar-refractivity contribution in [2.24, 2.45) is 39.9 Å². The second-order valence-electron chi connectivity index (χ2n) is 14.3. The minimum atomic E-state index is -1.25. The highest BCUT2D eigenvalue weighted by Gasteiger charge is 2.32. The number of aliphatic carboxylic acids is 1. The summed E-state index contributed by atoms with van der Waals surface area (Å²) in [5.74, 6) is -6.16. The van der Waals surface area contributed by atoms with Gasteiger partial charge in [0.15, 0.2) is 5.96 Å². The fourth-order valence-corrected chi connectivity index (χ4v) is 5.21. The van der Waals surface area contributed by atoms with E-state index in [2.05, 4.69) is 36.9 Å². The van der Waals surface area contributed by atoms with Crippen LogP contribution in [0.2, 0.25) is 0 Å². The van der Waals surface area contributed by atoms with Crippen LogP contribution in [-0.4, -0.2) is 102 Å². The normalized spacial score (nSPS) is 14.4. The lowest BCUT2D eigenvalue weighted by Crippen LogP contribution is -2.59. The van der Waals surface area contributed by atoms with E-state index in [1.165, 1.54) is 6.92 Å². The van der Waals surface area contributed by atoms with E-state index in [1.807, 2.05) is 13.8 Å². The van der Waals surface area contributed by atoms with Crippen molar-refractivity contribution in [3.05, 3.63) is 35.9 Å². The van der Waals surface area contributed by atoms with Crippen LogP contribution in [-0.2, 0) is 40.0 Å². The Balaban J connectivity index is 3.10. The van der Waals surface area contributed by atoms with E-state index in [-0.39, 0.29) is 37.7 Å². The number of benzene rings is 1. The summed E-state index contributed by atoms with van der Waals surface area (Å²) in [5, 5.41) is 24.9. The van der Waals surface area contributed by atoms with Gasteiger partial charge in [-0.3, -0.25) is 33.8 Å². The van der Waals surface area contributed by atoms with E-state index >= 15 is 0 Å². The van der Waals surface area contributed by atoms with E-state index in [0.717, 1.165) is 0 Å². The van der Waals surface area contributed by atoms with Gasteiger partial charge in [-0.2, -0.15) is 0 Å². The Morgan fingerprint density at radius 1 is 0.704 bits per heavy atom. The SMILES string of the molecule is CC(C)C[C@H](N)C(=O)N[C@@H](C)C(=O)N[C@H](C(=O)N[C@@H](Cc1ccccc1)C(=O)NCC(=O)N[C@@H](CCCN=C(N)N)C(=O)N[C@H](C(=O)O)C(C)C)C(C)C. The quantitative estimate of drug-likeness (QED) is 0.0352. The van der Waals surface area contributed by atoms with Crippen LogP contribution in [0.3, 0.4) is 0 Å². The van der Waals surface area contributed by atoms with Crippen LogP contribution < -0.4 is 49.1 Å². The number of carbonyl (C=O) groups is 7. The van der Waals surface area contributed by atoms with Gasteiger partial charge < -0.3 is 54.2 Å². The molecule has 0 fully saturated rings. The lowest BCUT2D eigenvalue weighted by atomic mass is 10.0. The van der Waals surface area contributed by atoms with Crippen molar-refractivity contribution >= 4 is 47.4 Å². The van der Waals surface area contributed by atoms with Gasteiger partial charge in [-0.25, -0.2) is 4.79 Å². The third-order valence-corrected chi connectivity index (χ3v) is 8.23. The predicted molar refractivity (Wildman–Crippen MR) is 203 cm³/mol. The zero-order valence-corrected chi connectivity index (χ0v) is 32.3. The molecule has 6 atom stereocenters. The lowest BCUT2D eigenvalue weighted by molar-refractivity contribution is -0.143. The molecule has 0 aliphatic heterocycles. The Morgan fingerprint density at radius 3 is 1.83 bits per heavy atom. The summed E-state index contributed by atoms with van der Waals surface area (Å²) >= 11 is 0. The van der Waals surface area contributed by atoms with Crippen LogP contribution in [0.1, 0.15) is 73.3 Å². The predicted octanol–water partition coefficient (Wildman–Crippen LogP) is -1.39. The summed E-state index contributed by atoms with van der Waals surface area (Å²) in [5.41, 5.74) is 17.4. The van der Waals surface area contributed by atoms with Gasteiger partial charge in [-0.1, -0.05) is 71.9 Å². The molecule has 0 heterocycles.